The van der Waals surface area contributed by atoms with E-state index in [0.717, 1.165) is 42.2 Å². The van der Waals surface area contributed by atoms with Crippen LogP contribution in [0.4, 0.5) is 0 Å². The molecule has 1 aliphatic heterocycles. The zero-order chi connectivity index (χ0) is 15.8. The maximum absolute atomic E-state index is 4.90. The summed E-state index contributed by atoms with van der Waals surface area (Å²) in [6.07, 6.45) is 6.10. The Bertz CT molecular complexity index is 804. The minimum Gasteiger partial charge on any atom is -0.348 e. The number of nitrogens with zero attached hydrogens (tertiary/aromatic N) is 5. The van der Waals surface area contributed by atoms with Gasteiger partial charge in [-0.05, 0) is 38.4 Å². The largest absolute Gasteiger partial charge is 0.348 e. The van der Waals surface area contributed by atoms with Crippen molar-refractivity contribution < 1.29 is 0 Å². The van der Waals surface area contributed by atoms with Crippen molar-refractivity contribution in [3.63, 3.8) is 0 Å². The molecular formula is C17H22N6. The van der Waals surface area contributed by atoms with Gasteiger partial charge in [0, 0.05) is 43.0 Å². The number of aromatic nitrogens is 5. The minimum atomic E-state index is 0.485. The highest BCUT2D eigenvalue weighted by atomic mass is 15.3. The van der Waals surface area contributed by atoms with Gasteiger partial charge in [0.1, 0.15) is 5.82 Å². The van der Waals surface area contributed by atoms with Gasteiger partial charge in [-0.15, -0.1) is 0 Å². The maximum Gasteiger partial charge on any atom is 0.158 e. The molecule has 0 unspecified atom stereocenters. The van der Waals surface area contributed by atoms with E-state index in [4.69, 9.17) is 4.98 Å². The number of likely N-dealkylation sites (tertiary alicyclic amines) is 1. The molecule has 1 aliphatic rings. The number of pyridine rings is 1. The normalized spacial score (nSPS) is 19.5. The Morgan fingerprint density at radius 2 is 2.26 bits per heavy atom. The molecule has 0 aliphatic carbocycles. The fraction of sp³-hybridized carbons (Fsp3) is 0.471. The van der Waals surface area contributed by atoms with Gasteiger partial charge in [0.15, 0.2) is 5.65 Å². The molecule has 23 heavy (non-hydrogen) atoms. The number of imidazole rings is 1. The molecule has 1 saturated heterocycles. The topological polar surface area (TPSA) is 62.6 Å². The fourth-order valence-corrected chi connectivity index (χ4v) is 3.58. The van der Waals surface area contributed by atoms with Gasteiger partial charge in [0.2, 0.25) is 0 Å². The lowest BCUT2D eigenvalue weighted by Crippen LogP contribution is -2.34. The zero-order valence-electron chi connectivity index (χ0n) is 13.7. The molecule has 120 valence electrons. The molecule has 1 atom stereocenters. The van der Waals surface area contributed by atoms with Crippen molar-refractivity contribution in [2.45, 2.75) is 32.2 Å². The Labute approximate surface area is 135 Å². The van der Waals surface area contributed by atoms with Crippen molar-refractivity contribution in [2.75, 3.05) is 13.1 Å². The molecular weight excluding hydrogens is 288 g/mol. The molecule has 3 aromatic heterocycles. The van der Waals surface area contributed by atoms with Gasteiger partial charge in [-0.1, -0.05) is 0 Å². The maximum atomic E-state index is 4.90. The monoisotopic (exact) mass is 310 g/mol. The van der Waals surface area contributed by atoms with E-state index in [1.165, 1.54) is 18.5 Å². The summed E-state index contributed by atoms with van der Waals surface area (Å²) in [5, 5.41) is 5.62. The lowest BCUT2D eigenvalue weighted by Gasteiger charge is -2.31. The molecule has 0 spiro atoms. The van der Waals surface area contributed by atoms with Gasteiger partial charge < -0.3 is 4.98 Å². The van der Waals surface area contributed by atoms with Crippen molar-refractivity contribution >= 4 is 11.0 Å². The predicted molar refractivity (Wildman–Crippen MR) is 89.1 cm³/mol. The molecule has 4 rings (SSSR count). The van der Waals surface area contributed by atoms with Crippen LogP contribution < -0.4 is 0 Å². The molecule has 6 nitrogen and oxygen atoms in total. The van der Waals surface area contributed by atoms with E-state index in [9.17, 15) is 0 Å². The molecule has 3 aromatic rings. The molecule has 0 saturated carbocycles. The van der Waals surface area contributed by atoms with Crippen LogP contribution in [0, 0.1) is 6.92 Å². The highest BCUT2D eigenvalue weighted by Gasteiger charge is 2.23. The number of H-pyrrole nitrogens is 1. The molecule has 0 aromatic carbocycles. The van der Waals surface area contributed by atoms with E-state index in [0.29, 0.717) is 5.92 Å². The molecule has 0 bridgehead atoms. The Kier molecular flexibility index (Phi) is 3.61. The van der Waals surface area contributed by atoms with Crippen molar-refractivity contribution in [1.29, 1.82) is 0 Å². The quantitative estimate of drug-likeness (QED) is 0.807. The Morgan fingerprint density at radius 3 is 3.09 bits per heavy atom. The molecule has 6 heteroatoms. The van der Waals surface area contributed by atoms with Crippen molar-refractivity contribution in [2.24, 2.45) is 7.05 Å². The number of rotatable bonds is 3. The van der Waals surface area contributed by atoms with Gasteiger partial charge in [-0.25, -0.2) is 9.97 Å². The third-order valence-corrected chi connectivity index (χ3v) is 4.74. The third-order valence-electron chi connectivity index (χ3n) is 4.74. The average molecular weight is 310 g/mol. The number of fused-ring (bicyclic) bond motifs is 1. The first kappa shape index (κ1) is 14.4. The van der Waals surface area contributed by atoms with E-state index in [1.54, 1.807) is 0 Å². The minimum absolute atomic E-state index is 0.485. The highest BCUT2D eigenvalue weighted by Crippen LogP contribution is 2.28. The Balaban J connectivity index is 1.56. The van der Waals surface area contributed by atoms with Crippen LogP contribution >= 0.6 is 0 Å². The van der Waals surface area contributed by atoms with Crippen LogP contribution in [-0.4, -0.2) is 42.7 Å². The van der Waals surface area contributed by atoms with E-state index in [2.05, 4.69) is 32.1 Å². The SMILES string of the molecule is Cc1nn(C)c2nc([C@H]3CCCN(Cc4ncc[nH]4)C3)ccc12. The van der Waals surface area contributed by atoms with E-state index in [-0.39, 0.29) is 0 Å². The third kappa shape index (κ3) is 2.74. The predicted octanol–water partition coefficient (Wildman–Crippen LogP) is 2.38. The second-order valence-corrected chi connectivity index (χ2v) is 6.43. The first-order chi connectivity index (χ1) is 11.2. The van der Waals surface area contributed by atoms with E-state index >= 15 is 0 Å². The van der Waals surface area contributed by atoms with Gasteiger partial charge in [-0.2, -0.15) is 5.10 Å². The first-order valence-electron chi connectivity index (χ1n) is 8.21. The summed E-state index contributed by atoms with van der Waals surface area (Å²) in [6, 6.07) is 4.35. The molecule has 0 amide bonds. The van der Waals surface area contributed by atoms with Crippen molar-refractivity contribution in [3.8, 4) is 0 Å². The first-order valence-corrected chi connectivity index (χ1v) is 8.21. The number of aryl methyl sites for hydroxylation is 2. The summed E-state index contributed by atoms with van der Waals surface area (Å²) in [7, 11) is 1.97. The summed E-state index contributed by atoms with van der Waals surface area (Å²) in [4.78, 5) is 14.9. The summed E-state index contributed by atoms with van der Waals surface area (Å²) in [5.74, 6) is 1.52. The molecule has 4 heterocycles. The lowest BCUT2D eigenvalue weighted by atomic mass is 9.94. The van der Waals surface area contributed by atoms with Crippen LogP contribution in [0.5, 0.6) is 0 Å². The summed E-state index contributed by atoms with van der Waals surface area (Å²) in [5.41, 5.74) is 3.22. The van der Waals surface area contributed by atoms with Gasteiger partial charge in [0.25, 0.3) is 0 Å². The average Bonchev–Trinajstić information content (AvgIpc) is 3.16. The van der Waals surface area contributed by atoms with Crippen LogP contribution in [0.15, 0.2) is 24.5 Å². The Hall–Kier alpha value is -2.21. The summed E-state index contributed by atoms with van der Waals surface area (Å²) in [6.45, 7) is 5.09. The second kappa shape index (κ2) is 5.77. The van der Waals surface area contributed by atoms with E-state index < -0.39 is 0 Å². The number of aromatic amines is 1. The van der Waals surface area contributed by atoms with Crippen molar-refractivity contribution in [1.82, 2.24) is 29.6 Å². The summed E-state index contributed by atoms with van der Waals surface area (Å²) < 4.78 is 1.89. The van der Waals surface area contributed by atoms with Crippen LogP contribution in [0.1, 0.15) is 36.0 Å². The van der Waals surface area contributed by atoms with Gasteiger partial charge >= 0.3 is 0 Å². The van der Waals surface area contributed by atoms with Crippen LogP contribution in [0.2, 0.25) is 0 Å². The second-order valence-electron chi connectivity index (χ2n) is 6.43. The van der Waals surface area contributed by atoms with Gasteiger partial charge in [0.05, 0.1) is 12.2 Å². The number of piperidine rings is 1. The molecule has 1 fully saturated rings. The van der Waals surface area contributed by atoms with Gasteiger partial charge in [-0.3, -0.25) is 9.58 Å². The smallest absolute Gasteiger partial charge is 0.158 e. The standard InChI is InChI=1S/C17H22N6/c1-12-14-5-6-15(20-17(14)22(2)21-12)13-4-3-9-23(10-13)11-16-18-7-8-19-16/h5-8,13H,3-4,9-11H2,1-2H3,(H,18,19)/t13-/m0/s1. The van der Waals surface area contributed by atoms with E-state index in [1.807, 2.05) is 31.0 Å². The fourth-order valence-electron chi connectivity index (χ4n) is 3.58. The highest BCUT2D eigenvalue weighted by molar-refractivity contribution is 5.78. The molecule has 1 N–H and O–H groups in total. The van der Waals surface area contributed by atoms with Crippen molar-refractivity contribution in [3.05, 3.63) is 41.7 Å². The summed E-state index contributed by atoms with van der Waals surface area (Å²) >= 11 is 0. The number of nitrogens with one attached hydrogen (secondary N) is 1. The molecule has 0 radical (unpaired) electrons. The van der Waals surface area contributed by atoms with Crippen LogP contribution in [0.25, 0.3) is 11.0 Å². The zero-order valence-corrected chi connectivity index (χ0v) is 13.7. The Morgan fingerprint density at radius 1 is 1.35 bits per heavy atom. The number of hydrogen-bond acceptors (Lipinski definition) is 4. The number of hydrogen-bond donors (Lipinski definition) is 1. The lowest BCUT2D eigenvalue weighted by molar-refractivity contribution is 0.195. The van der Waals surface area contributed by atoms with Crippen LogP contribution in [0.3, 0.4) is 0 Å². The van der Waals surface area contributed by atoms with Crippen LogP contribution in [-0.2, 0) is 13.6 Å².